The highest BCUT2D eigenvalue weighted by atomic mass is 16.6. The lowest BCUT2D eigenvalue weighted by molar-refractivity contribution is 0.345. The van der Waals surface area contributed by atoms with Crippen molar-refractivity contribution < 1.29 is 9.15 Å². The van der Waals surface area contributed by atoms with Crippen LogP contribution in [-0.2, 0) is 0 Å². The zero-order valence-corrected chi connectivity index (χ0v) is 10.8. The standard InChI is InChI=1S/C16H13NO2/c1-9(2)11-4-3-10-5-7-17-14-12-6-8-18-16(12)19-15(11)13(10)14/h3-9H,1-2H3. The molecule has 0 bridgehead atoms. The van der Waals surface area contributed by atoms with Crippen molar-refractivity contribution in [2.75, 3.05) is 0 Å². The fourth-order valence-electron chi connectivity index (χ4n) is 2.67. The highest BCUT2D eigenvalue weighted by Crippen LogP contribution is 2.48. The second-order valence-electron chi connectivity index (χ2n) is 5.12. The van der Waals surface area contributed by atoms with Gasteiger partial charge in [0.25, 0.3) is 5.95 Å². The van der Waals surface area contributed by atoms with Gasteiger partial charge < -0.3 is 9.15 Å². The summed E-state index contributed by atoms with van der Waals surface area (Å²) in [6.45, 7) is 4.32. The van der Waals surface area contributed by atoms with Crippen LogP contribution >= 0.6 is 0 Å². The van der Waals surface area contributed by atoms with E-state index in [9.17, 15) is 0 Å². The normalized spacial score (nSPS) is 12.6. The zero-order valence-electron chi connectivity index (χ0n) is 10.8. The van der Waals surface area contributed by atoms with Crippen LogP contribution in [0.5, 0.6) is 11.7 Å². The largest absolute Gasteiger partial charge is 0.433 e. The number of hydrogen-bond donors (Lipinski definition) is 0. The molecule has 0 N–H and O–H groups in total. The van der Waals surface area contributed by atoms with Gasteiger partial charge in [0, 0.05) is 6.20 Å². The molecule has 19 heavy (non-hydrogen) atoms. The molecular weight excluding hydrogens is 238 g/mol. The Kier molecular flexibility index (Phi) is 2.01. The highest BCUT2D eigenvalue weighted by Gasteiger charge is 2.26. The molecule has 2 aromatic heterocycles. The van der Waals surface area contributed by atoms with E-state index < -0.39 is 0 Å². The van der Waals surface area contributed by atoms with Gasteiger partial charge in [0.2, 0.25) is 0 Å². The van der Waals surface area contributed by atoms with Crippen LogP contribution in [0.4, 0.5) is 0 Å². The molecule has 3 nitrogen and oxygen atoms in total. The second kappa shape index (κ2) is 3.60. The highest BCUT2D eigenvalue weighted by molar-refractivity contribution is 6.02. The fraction of sp³-hybridized carbons (Fsp3) is 0.188. The second-order valence-corrected chi connectivity index (χ2v) is 5.12. The number of hydrogen-bond acceptors (Lipinski definition) is 3. The molecule has 0 fully saturated rings. The Morgan fingerprint density at radius 3 is 2.84 bits per heavy atom. The fourth-order valence-corrected chi connectivity index (χ4v) is 2.67. The lowest BCUT2D eigenvalue weighted by Crippen LogP contribution is -2.01. The molecule has 3 heterocycles. The van der Waals surface area contributed by atoms with Gasteiger partial charge in [-0.2, -0.15) is 0 Å². The van der Waals surface area contributed by atoms with Crippen molar-refractivity contribution >= 4 is 10.8 Å². The van der Waals surface area contributed by atoms with Gasteiger partial charge in [-0.15, -0.1) is 0 Å². The summed E-state index contributed by atoms with van der Waals surface area (Å²) >= 11 is 0. The van der Waals surface area contributed by atoms with E-state index in [1.165, 1.54) is 5.56 Å². The first-order valence-electron chi connectivity index (χ1n) is 6.43. The maximum absolute atomic E-state index is 5.98. The molecule has 1 aromatic carbocycles. The number of pyridine rings is 1. The van der Waals surface area contributed by atoms with Crippen LogP contribution in [0.3, 0.4) is 0 Å². The summed E-state index contributed by atoms with van der Waals surface area (Å²) in [5.41, 5.74) is 3.06. The molecule has 1 aliphatic rings. The maximum atomic E-state index is 5.98. The van der Waals surface area contributed by atoms with E-state index in [4.69, 9.17) is 9.15 Å². The summed E-state index contributed by atoms with van der Waals surface area (Å²) in [6.07, 6.45) is 3.48. The number of rotatable bonds is 1. The molecule has 3 heteroatoms. The molecule has 0 spiro atoms. The van der Waals surface area contributed by atoms with E-state index in [0.29, 0.717) is 11.9 Å². The Morgan fingerprint density at radius 2 is 2.00 bits per heavy atom. The van der Waals surface area contributed by atoms with Crippen LogP contribution in [0.25, 0.3) is 22.0 Å². The Balaban J connectivity index is 2.17. The van der Waals surface area contributed by atoms with Crippen molar-refractivity contribution in [2.24, 2.45) is 0 Å². The monoisotopic (exact) mass is 251 g/mol. The first-order valence-corrected chi connectivity index (χ1v) is 6.43. The van der Waals surface area contributed by atoms with Crippen molar-refractivity contribution in [3.63, 3.8) is 0 Å². The molecule has 0 radical (unpaired) electrons. The van der Waals surface area contributed by atoms with Crippen molar-refractivity contribution in [3.05, 3.63) is 42.3 Å². The van der Waals surface area contributed by atoms with Crippen LogP contribution in [0.1, 0.15) is 25.3 Å². The van der Waals surface area contributed by atoms with Crippen molar-refractivity contribution in [1.82, 2.24) is 4.98 Å². The Hall–Kier alpha value is -2.29. The van der Waals surface area contributed by atoms with Crippen molar-refractivity contribution in [2.45, 2.75) is 19.8 Å². The lowest BCUT2D eigenvalue weighted by atomic mass is 9.94. The number of benzene rings is 1. The van der Waals surface area contributed by atoms with Gasteiger partial charge in [-0.3, -0.25) is 4.98 Å². The summed E-state index contributed by atoms with van der Waals surface area (Å²) in [5.74, 6) is 1.82. The minimum absolute atomic E-state index is 0.393. The SMILES string of the molecule is CC(C)c1ccc2ccnc3c2c1Oc1occc1-3. The van der Waals surface area contributed by atoms with Gasteiger partial charge in [-0.05, 0) is 29.0 Å². The summed E-state index contributed by atoms with van der Waals surface area (Å²) < 4.78 is 11.4. The van der Waals surface area contributed by atoms with Crippen LogP contribution in [0.2, 0.25) is 0 Å². The molecular formula is C16H13NO2. The zero-order chi connectivity index (χ0) is 13.0. The van der Waals surface area contributed by atoms with Gasteiger partial charge in [-0.1, -0.05) is 26.0 Å². The third kappa shape index (κ3) is 1.35. The van der Waals surface area contributed by atoms with Crippen LogP contribution in [0.15, 0.2) is 41.1 Å². The minimum Gasteiger partial charge on any atom is -0.433 e. The molecule has 4 rings (SSSR count). The molecule has 0 aliphatic carbocycles. The molecule has 0 saturated heterocycles. The molecule has 0 saturated carbocycles. The summed E-state index contributed by atoms with van der Waals surface area (Å²) in [4.78, 5) is 4.51. The average molecular weight is 251 g/mol. The van der Waals surface area contributed by atoms with E-state index >= 15 is 0 Å². The summed E-state index contributed by atoms with van der Waals surface area (Å²) in [7, 11) is 0. The van der Waals surface area contributed by atoms with Gasteiger partial charge in [0.05, 0.1) is 22.9 Å². The van der Waals surface area contributed by atoms with Crippen LogP contribution in [0, 0.1) is 0 Å². The molecule has 0 unspecified atom stereocenters. The predicted octanol–water partition coefficient (Wildman–Crippen LogP) is 4.72. The third-order valence-corrected chi connectivity index (χ3v) is 3.62. The molecule has 0 amide bonds. The van der Waals surface area contributed by atoms with Crippen LogP contribution < -0.4 is 4.74 Å². The van der Waals surface area contributed by atoms with E-state index in [1.54, 1.807) is 6.26 Å². The van der Waals surface area contributed by atoms with E-state index in [-0.39, 0.29) is 0 Å². The number of ether oxygens (including phenoxy) is 1. The van der Waals surface area contributed by atoms with Crippen molar-refractivity contribution in [3.8, 4) is 23.0 Å². The van der Waals surface area contributed by atoms with E-state index in [2.05, 4.69) is 31.0 Å². The Bertz CT molecular complexity index is 787. The lowest BCUT2D eigenvalue weighted by Gasteiger charge is -2.20. The Labute approximate surface area is 110 Å². The number of fused-ring (bicyclic) bond motifs is 2. The first-order chi connectivity index (χ1) is 9.25. The van der Waals surface area contributed by atoms with Gasteiger partial charge in [0.1, 0.15) is 5.75 Å². The smallest absolute Gasteiger partial charge is 0.299 e. The minimum atomic E-state index is 0.393. The van der Waals surface area contributed by atoms with Crippen LogP contribution in [-0.4, -0.2) is 4.98 Å². The molecule has 0 atom stereocenters. The first kappa shape index (κ1) is 10.6. The number of aromatic nitrogens is 1. The van der Waals surface area contributed by atoms with Gasteiger partial charge in [0.15, 0.2) is 0 Å². The third-order valence-electron chi connectivity index (χ3n) is 3.62. The molecule has 1 aliphatic heterocycles. The summed E-state index contributed by atoms with van der Waals surface area (Å²) in [5, 5.41) is 2.24. The quantitative estimate of drug-likeness (QED) is 0.491. The predicted molar refractivity (Wildman–Crippen MR) is 73.6 cm³/mol. The number of nitrogens with zero attached hydrogens (tertiary/aromatic N) is 1. The topological polar surface area (TPSA) is 35.3 Å². The Morgan fingerprint density at radius 1 is 1.11 bits per heavy atom. The maximum Gasteiger partial charge on any atom is 0.299 e. The number of furan rings is 1. The average Bonchev–Trinajstić information content (AvgIpc) is 2.87. The van der Waals surface area contributed by atoms with E-state index in [1.807, 2.05) is 18.3 Å². The van der Waals surface area contributed by atoms with Crippen molar-refractivity contribution in [1.29, 1.82) is 0 Å². The molecule has 94 valence electrons. The van der Waals surface area contributed by atoms with Gasteiger partial charge >= 0.3 is 0 Å². The van der Waals surface area contributed by atoms with E-state index in [0.717, 1.165) is 27.8 Å². The summed E-state index contributed by atoms with van der Waals surface area (Å²) in [6, 6.07) is 8.18. The van der Waals surface area contributed by atoms with Gasteiger partial charge in [-0.25, -0.2) is 0 Å². The molecule has 3 aromatic rings.